The van der Waals surface area contributed by atoms with Crippen molar-refractivity contribution in [2.75, 3.05) is 0 Å². The molecule has 2 aromatic heterocycles. The van der Waals surface area contributed by atoms with E-state index in [0.29, 0.717) is 17.3 Å². The Morgan fingerprint density at radius 2 is 1.15 bits per heavy atom. The SMILES string of the molecule is CC1(C)c2ccccc2-c2c1ccc1c2Oc2cc(-c3ccccc3-c3nc(-c4ccccc4)cc(-c4ccc5c(c4)sc4ccccc45)n3)ccc2O1. The Balaban J connectivity index is 1.03. The molecule has 1 aliphatic heterocycles. The van der Waals surface area contributed by atoms with E-state index in [2.05, 4.69) is 153 Å². The van der Waals surface area contributed by atoms with E-state index < -0.39 is 0 Å². The Morgan fingerprint density at radius 3 is 2.02 bits per heavy atom. The van der Waals surface area contributed by atoms with E-state index in [-0.39, 0.29) is 5.41 Å². The number of nitrogens with zero attached hydrogens (tertiary/aromatic N) is 2. The van der Waals surface area contributed by atoms with Gasteiger partial charge >= 0.3 is 0 Å². The number of aromatic nitrogens is 2. The standard InChI is InChI=1S/C49H32N2O2S/c1-49(2)37-18-10-8-17-36(37)46-38(49)23-25-42-47(46)53-43-26-30(21-24-41(43)52-42)32-14-6-7-16-35(32)48-50-39(29-12-4-3-5-13-29)28-40(51-48)31-20-22-34-33-15-9-11-19-44(33)54-45(34)27-31/h3-28H,1-2H3. The van der Waals surface area contributed by atoms with Gasteiger partial charge in [0, 0.05) is 47.8 Å². The Hall–Kier alpha value is -6.56. The number of hydrogen-bond acceptors (Lipinski definition) is 5. The van der Waals surface area contributed by atoms with Crippen LogP contribution < -0.4 is 9.47 Å². The van der Waals surface area contributed by atoms with Crippen molar-refractivity contribution in [1.29, 1.82) is 0 Å². The first-order chi connectivity index (χ1) is 26.5. The monoisotopic (exact) mass is 712 g/mol. The topological polar surface area (TPSA) is 44.2 Å². The molecule has 0 unspecified atom stereocenters. The van der Waals surface area contributed by atoms with Crippen molar-refractivity contribution in [3.8, 4) is 79.2 Å². The van der Waals surface area contributed by atoms with Crippen LogP contribution in [0.4, 0.5) is 0 Å². The molecule has 256 valence electrons. The number of thiophene rings is 1. The zero-order valence-corrected chi connectivity index (χ0v) is 30.4. The van der Waals surface area contributed by atoms with Crippen LogP contribution in [0.2, 0.25) is 0 Å². The van der Waals surface area contributed by atoms with Crippen LogP contribution in [0.1, 0.15) is 25.0 Å². The van der Waals surface area contributed by atoms with Crippen LogP contribution in [0, 0.1) is 0 Å². The highest BCUT2D eigenvalue weighted by Gasteiger charge is 2.39. The molecule has 0 atom stereocenters. The Bertz CT molecular complexity index is 2980. The van der Waals surface area contributed by atoms with Crippen molar-refractivity contribution in [3.05, 3.63) is 169 Å². The van der Waals surface area contributed by atoms with Crippen LogP contribution in [0.3, 0.4) is 0 Å². The highest BCUT2D eigenvalue weighted by molar-refractivity contribution is 7.25. The molecule has 54 heavy (non-hydrogen) atoms. The zero-order valence-electron chi connectivity index (χ0n) is 29.6. The summed E-state index contributed by atoms with van der Waals surface area (Å²) in [5.41, 5.74) is 11.5. The highest BCUT2D eigenvalue weighted by Crippen LogP contribution is 2.58. The molecule has 0 fully saturated rings. The summed E-state index contributed by atoms with van der Waals surface area (Å²) in [6, 6.07) is 55.1. The summed E-state index contributed by atoms with van der Waals surface area (Å²) in [6.45, 7) is 4.55. The molecule has 5 heteroatoms. The summed E-state index contributed by atoms with van der Waals surface area (Å²) in [5.74, 6) is 3.53. The van der Waals surface area contributed by atoms with E-state index in [1.165, 1.54) is 36.9 Å². The number of fused-ring (bicyclic) bond motifs is 9. The molecule has 0 bridgehead atoms. The van der Waals surface area contributed by atoms with Crippen molar-refractivity contribution < 1.29 is 9.47 Å². The molecule has 0 radical (unpaired) electrons. The van der Waals surface area contributed by atoms with Crippen molar-refractivity contribution >= 4 is 31.5 Å². The fourth-order valence-corrected chi connectivity index (χ4v) is 9.43. The molecule has 0 amide bonds. The average Bonchev–Trinajstić information content (AvgIpc) is 3.71. The summed E-state index contributed by atoms with van der Waals surface area (Å²) in [4.78, 5) is 10.5. The van der Waals surface area contributed by atoms with Gasteiger partial charge < -0.3 is 9.47 Å². The van der Waals surface area contributed by atoms with Crippen molar-refractivity contribution in [2.24, 2.45) is 0 Å². The molecule has 3 heterocycles. The zero-order chi connectivity index (χ0) is 36.0. The Morgan fingerprint density at radius 1 is 0.463 bits per heavy atom. The summed E-state index contributed by atoms with van der Waals surface area (Å²) < 4.78 is 15.9. The minimum absolute atomic E-state index is 0.137. The third-order valence-corrected chi connectivity index (χ3v) is 12.1. The van der Waals surface area contributed by atoms with E-state index in [9.17, 15) is 0 Å². The molecule has 0 spiro atoms. The fraction of sp³-hybridized carbons (Fsp3) is 0.0612. The van der Waals surface area contributed by atoms with Gasteiger partial charge in [0.25, 0.3) is 0 Å². The lowest BCUT2D eigenvalue weighted by molar-refractivity contribution is 0.360. The largest absolute Gasteiger partial charge is 0.449 e. The molecule has 9 aromatic rings. The predicted molar refractivity (Wildman–Crippen MR) is 221 cm³/mol. The fourth-order valence-electron chi connectivity index (χ4n) is 8.28. The van der Waals surface area contributed by atoms with Crippen molar-refractivity contribution in [1.82, 2.24) is 9.97 Å². The van der Waals surface area contributed by atoms with Crippen LogP contribution in [0.25, 0.3) is 76.3 Å². The lowest BCUT2D eigenvalue weighted by Crippen LogP contribution is -2.15. The summed E-state index contributed by atoms with van der Waals surface area (Å²) in [7, 11) is 0. The van der Waals surface area contributed by atoms with E-state index >= 15 is 0 Å². The molecule has 4 nitrogen and oxygen atoms in total. The van der Waals surface area contributed by atoms with Crippen LogP contribution in [-0.2, 0) is 5.41 Å². The van der Waals surface area contributed by atoms with Crippen molar-refractivity contribution in [3.63, 3.8) is 0 Å². The van der Waals surface area contributed by atoms with E-state index in [4.69, 9.17) is 19.4 Å². The summed E-state index contributed by atoms with van der Waals surface area (Å²) >= 11 is 1.82. The number of ether oxygens (including phenoxy) is 2. The highest BCUT2D eigenvalue weighted by atomic mass is 32.1. The van der Waals surface area contributed by atoms with Gasteiger partial charge in [-0.05, 0) is 64.2 Å². The summed E-state index contributed by atoms with van der Waals surface area (Å²) in [6.07, 6.45) is 0. The van der Waals surface area contributed by atoms with Crippen LogP contribution >= 0.6 is 11.3 Å². The maximum atomic E-state index is 6.83. The molecular formula is C49H32N2O2S. The van der Waals surface area contributed by atoms with Gasteiger partial charge in [-0.2, -0.15) is 0 Å². The average molecular weight is 713 g/mol. The Labute approximate surface area is 317 Å². The molecule has 0 saturated heterocycles. The number of hydrogen-bond donors (Lipinski definition) is 0. The number of rotatable bonds is 4. The first-order valence-corrected chi connectivity index (χ1v) is 19.0. The first kappa shape index (κ1) is 31.0. The molecule has 2 aliphatic rings. The second-order valence-electron chi connectivity index (χ2n) is 14.5. The first-order valence-electron chi connectivity index (χ1n) is 18.2. The van der Waals surface area contributed by atoms with Crippen LogP contribution in [0.15, 0.2) is 158 Å². The van der Waals surface area contributed by atoms with Crippen LogP contribution in [-0.4, -0.2) is 9.97 Å². The maximum absolute atomic E-state index is 6.83. The molecule has 0 saturated carbocycles. The van der Waals surface area contributed by atoms with Gasteiger partial charge in [-0.25, -0.2) is 9.97 Å². The molecule has 7 aromatic carbocycles. The second kappa shape index (κ2) is 11.7. The van der Waals surface area contributed by atoms with Crippen molar-refractivity contribution in [2.45, 2.75) is 19.3 Å². The summed E-state index contributed by atoms with van der Waals surface area (Å²) in [5, 5.41) is 2.55. The van der Waals surface area contributed by atoms with Gasteiger partial charge in [0.15, 0.2) is 28.8 Å². The molecule has 0 N–H and O–H groups in total. The Kier molecular flexibility index (Phi) is 6.73. The van der Waals surface area contributed by atoms with Gasteiger partial charge in [0.05, 0.1) is 11.4 Å². The van der Waals surface area contributed by atoms with E-state index in [1.54, 1.807) is 0 Å². The normalized spacial score (nSPS) is 13.4. The molecular weight excluding hydrogens is 681 g/mol. The maximum Gasteiger partial charge on any atom is 0.178 e. The third kappa shape index (κ3) is 4.75. The lowest BCUT2D eigenvalue weighted by atomic mass is 9.82. The predicted octanol–water partition coefficient (Wildman–Crippen LogP) is 13.7. The van der Waals surface area contributed by atoms with Gasteiger partial charge in [-0.3, -0.25) is 0 Å². The van der Waals surface area contributed by atoms with E-state index in [0.717, 1.165) is 56.3 Å². The molecule has 11 rings (SSSR count). The molecule has 1 aliphatic carbocycles. The minimum Gasteiger partial charge on any atom is -0.449 e. The van der Waals surface area contributed by atoms with Gasteiger partial charge in [0.1, 0.15) is 0 Å². The third-order valence-electron chi connectivity index (χ3n) is 11.0. The number of benzene rings is 7. The lowest BCUT2D eigenvalue weighted by Gasteiger charge is -2.25. The quantitative estimate of drug-likeness (QED) is 0.182. The minimum atomic E-state index is -0.137. The van der Waals surface area contributed by atoms with Gasteiger partial charge in [-0.1, -0.05) is 135 Å². The second-order valence-corrected chi connectivity index (χ2v) is 15.6. The van der Waals surface area contributed by atoms with Crippen LogP contribution in [0.5, 0.6) is 23.0 Å². The van der Waals surface area contributed by atoms with Gasteiger partial charge in [0.2, 0.25) is 0 Å². The smallest absolute Gasteiger partial charge is 0.178 e. The van der Waals surface area contributed by atoms with Gasteiger partial charge in [-0.15, -0.1) is 11.3 Å². The van der Waals surface area contributed by atoms with E-state index in [1.807, 2.05) is 29.5 Å².